The monoisotopic (exact) mass is 320 g/mol. The third-order valence-electron chi connectivity index (χ3n) is 4.16. The van der Waals surface area contributed by atoms with Crippen LogP contribution in [0, 0.1) is 5.41 Å². The van der Waals surface area contributed by atoms with Crippen LogP contribution < -0.4 is 5.73 Å². The Hall–Kier alpha value is -0.780. The molecule has 1 aliphatic heterocycles. The average Bonchev–Trinajstić information content (AvgIpc) is 2.35. The van der Waals surface area contributed by atoms with Gasteiger partial charge < -0.3 is 5.73 Å². The first-order chi connectivity index (χ1) is 9.59. The molecule has 1 heterocycles. The zero-order valence-corrected chi connectivity index (χ0v) is 12.9. The van der Waals surface area contributed by atoms with Crippen molar-refractivity contribution in [2.24, 2.45) is 11.1 Å². The van der Waals surface area contributed by atoms with Gasteiger partial charge in [0.2, 0.25) is 0 Å². The maximum Gasteiger partial charge on any atom is 0.416 e. The molecule has 1 saturated heterocycles. The fourth-order valence-corrected chi connectivity index (χ4v) is 2.91. The van der Waals surface area contributed by atoms with Crippen molar-refractivity contribution in [2.75, 3.05) is 13.1 Å². The van der Waals surface area contributed by atoms with Crippen LogP contribution in [0.1, 0.15) is 31.4 Å². The Bertz CT molecular complexity index is 514. The topological polar surface area (TPSA) is 29.3 Å². The number of nitrogens with zero attached hydrogens (tertiary/aromatic N) is 1. The molecule has 118 valence electrons. The summed E-state index contributed by atoms with van der Waals surface area (Å²) in [4.78, 5) is 2.12. The molecule has 0 aliphatic carbocycles. The Kier molecular flexibility index (Phi) is 4.57. The van der Waals surface area contributed by atoms with Gasteiger partial charge in [0.1, 0.15) is 0 Å². The Morgan fingerprint density at radius 2 is 2.05 bits per heavy atom. The van der Waals surface area contributed by atoms with Crippen molar-refractivity contribution in [1.29, 1.82) is 0 Å². The normalized spacial score (nSPS) is 23.3. The van der Waals surface area contributed by atoms with Gasteiger partial charge in [-0.3, -0.25) is 4.90 Å². The zero-order chi connectivity index (χ0) is 15.8. The molecular weight excluding hydrogens is 301 g/mol. The summed E-state index contributed by atoms with van der Waals surface area (Å²) >= 11 is 6.05. The minimum Gasteiger partial charge on any atom is -0.327 e. The minimum atomic E-state index is -4.34. The SMILES string of the molecule is CC1(C)CN(Cc2cc(C(F)(F)F)ccc2Cl)CCC1N. The minimum absolute atomic E-state index is 0.0492. The standard InChI is InChI=1S/C15H20ClF3N2/c1-14(2)9-21(6-5-13(14)20)8-10-7-11(15(17,18)19)3-4-12(10)16/h3-4,7,13H,5-6,8-9,20H2,1-2H3. The van der Waals surface area contributed by atoms with E-state index in [4.69, 9.17) is 17.3 Å². The van der Waals surface area contributed by atoms with Crippen molar-refractivity contribution in [2.45, 2.75) is 39.0 Å². The van der Waals surface area contributed by atoms with E-state index >= 15 is 0 Å². The van der Waals surface area contributed by atoms with E-state index in [1.165, 1.54) is 6.07 Å². The molecule has 2 rings (SSSR count). The molecule has 2 N–H and O–H groups in total. The summed E-state index contributed by atoms with van der Waals surface area (Å²) in [5.41, 5.74) is 5.88. The van der Waals surface area contributed by atoms with E-state index in [0.29, 0.717) is 17.1 Å². The van der Waals surface area contributed by atoms with Gasteiger partial charge in [0.15, 0.2) is 0 Å². The summed E-state index contributed by atoms with van der Waals surface area (Å²) in [6.45, 7) is 6.10. The van der Waals surface area contributed by atoms with E-state index in [0.717, 1.165) is 31.6 Å². The van der Waals surface area contributed by atoms with Crippen molar-refractivity contribution >= 4 is 11.6 Å². The van der Waals surface area contributed by atoms with Gasteiger partial charge in [-0.2, -0.15) is 13.2 Å². The molecule has 1 aromatic carbocycles. The van der Waals surface area contributed by atoms with Gasteiger partial charge in [-0.15, -0.1) is 0 Å². The lowest BCUT2D eigenvalue weighted by molar-refractivity contribution is -0.137. The van der Waals surface area contributed by atoms with E-state index in [1.54, 1.807) is 0 Å². The molecule has 21 heavy (non-hydrogen) atoms. The van der Waals surface area contributed by atoms with Crippen LogP contribution in [0.15, 0.2) is 18.2 Å². The van der Waals surface area contributed by atoms with Crippen molar-refractivity contribution in [3.05, 3.63) is 34.3 Å². The van der Waals surface area contributed by atoms with Crippen LogP contribution in [0.3, 0.4) is 0 Å². The summed E-state index contributed by atoms with van der Waals surface area (Å²) in [5, 5.41) is 0.371. The van der Waals surface area contributed by atoms with Gasteiger partial charge in [0, 0.05) is 30.7 Å². The Morgan fingerprint density at radius 3 is 2.62 bits per heavy atom. The number of rotatable bonds is 2. The van der Waals surface area contributed by atoms with Crippen LogP contribution in [-0.4, -0.2) is 24.0 Å². The van der Waals surface area contributed by atoms with Crippen molar-refractivity contribution < 1.29 is 13.2 Å². The van der Waals surface area contributed by atoms with Gasteiger partial charge in [-0.05, 0) is 35.6 Å². The van der Waals surface area contributed by atoms with Crippen LogP contribution in [0.2, 0.25) is 5.02 Å². The quantitative estimate of drug-likeness (QED) is 0.895. The molecule has 1 atom stereocenters. The summed E-state index contributed by atoms with van der Waals surface area (Å²) < 4.78 is 38.3. The van der Waals surface area contributed by atoms with Gasteiger partial charge >= 0.3 is 6.18 Å². The van der Waals surface area contributed by atoms with Crippen molar-refractivity contribution in [1.82, 2.24) is 4.90 Å². The van der Waals surface area contributed by atoms with Crippen LogP contribution in [-0.2, 0) is 12.7 Å². The van der Waals surface area contributed by atoms with E-state index in [-0.39, 0.29) is 11.5 Å². The largest absolute Gasteiger partial charge is 0.416 e. The number of halogens is 4. The molecule has 2 nitrogen and oxygen atoms in total. The second-order valence-electron chi connectivity index (χ2n) is 6.40. The summed E-state index contributed by atoms with van der Waals surface area (Å²) in [5.74, 6) is 0. The van der Waals surface area contributed by atoms with E-state index in [9.17, 15) is 13.2 Å². The Labute approximate surface area is 128 Å². The highest BCUT2D eigenvalue weighted by Crippen LogP contribution is 2.33. The number of hydrogen-bond donors (Lipinski definition) is 1. The molecule has 0 amide bonds. The van der Waals surface area contributed by atoms with E-state index in [2.05, 4.69) is 18.7 Å². The fourth-order valence-electron chi connectivity index (χ4n) is 2.73. The second-order valence-corrected chi connectivity index (χ2v) is 6.81. The van der Waals surface area contributed by atoms with Crippen LogP contribution >= 0.6 is 11.6 Å². The Balaban J connectivity index is 2.16. The predicted molar refractivity (Wildman–Crippen MR) is 78.1 cm³/mol. The zero-order valence-electron chi connectivity index (χ0n) is 12.2. The first-order valence-corrected chi connectivity index (χ1v) is 7.31. The Morgan fingerprint density at radius 1 is 1.38 bits per heavy atom. The highest BCUT2D eigenvalue weighted by atomic mass is 35.5. The highest BCUT2D eigenvalue weighted by molar-refractivity contribution is 6.31. The summed E-state index contributed by atoms with van der Waals surface area (Å²) in [6.07, 6.45) is -3.51. The molecule has 0 bridgehead atoms. The number of benzene rings is 1. The smallest absolute Gasteiger partial charge is 0.327 e. The van der Waals surface area contributed by atoms with Crippen molar-refractivity contribution in [3.8, 4) is 0 Å². The van der Waals surface area contributed by atoms with E-state index < -0.39 is 11.7 Å². The van der Waals surface area contributed by atoms with Gasteiger partial charge in [0.05, 0.1) is 5.56 Å². The molecule has 1 fully saturated rings. The first-order valence-electron chi connectivity index (χ1n) is 6.93. The molecule has 0 aromatic heterocycles. The van der Waals surface area contributed by atoms with Crippen LogP contribution in [0.25, 0.3) is 0 Å². The van der Waals surface area contributed by atoms with Crippen LogP contribution in [0.4, 0.5) is 13.2 Å². The first kappa shape index (κ1) is 16.6. The molecular formula is C15H20ClF3N2. The maximum absolute atomic E-state index is 12.8. The molecule has 1 unspecified atom stereocenters. The molecule has 1 aromatic rings. The average molecular weight is 321 g/mol. The number of hydrogen-bond acceptors (Lipinski definition) is 2. The summed E-state index contributed by atoms with van der Waals surface area (Å²) in [7, 11) is 0. The molecule has 0 spiro atoms. The van der Waals surface area contributed by atoms with Gasteiger partial charge in [-0.25, -0.2) is 0 Å². The summed E-state index contributed by atoms with van der Waals surface area (Å²) in [6, 6.07) is 3.59. The van der Waals surface area contributed by atoms with Gasteiger partial charge in [-0.1, -0.05) is 25.4 Å². The number of piperidine rings is 1. The number of nitrogens with two attached hydrogens (primary N) is 1. The van der Waals surface area contributed by atoms with Crippen LogP contribution in [0.5, 0.6) is 0 Å². The lowest BCUT2D eigenvalue weighted by Gasteiger charge is -2.42. The lowest BCUT2D eigenvalue weighted by atomic mass is 9.79. The third-order valence-corrected chi connectivity index (χ3v) is 4.53. The number of alkyl halides is 3. The molecule has 0 radical (unpaired) electrons. The lowest BCUT2D eigenvalue weighted by Crippen LogP contribution is -2.52. The van der Waals surface area contributed by atoms with E-state index in [1.807, 2.05) is 0 Å². The number of likely N-dealkylation sites (tertiary alicyclic amines) is 1. The molecule has 6 heteroatoms. The molecule has 0 saturated carbocycles. The predicted octanol–water partition coefficient (Wildman–Crippen LogP) is 3.92. The maximum atomic E-state index is 12.8. The molecule has 1 aliphatic rings. The second kappa shape index (κ2) is 5.78. The van der Waals surface area contributed by atoms with Gasteiger partial charge in [0.25, 0.3) is 0 Å². The highest BCUT2D eigenvalue weighted by Gasteiger charge is 2.34. The van der Waals surface area contributed by atoms with Crippen molar-refractivity contribution in [3.63, 3.8) is 0 Å². The third kappa shape index (κ3) is 3.90. The fraction of sp³-hybridized carbons (Fsp3) is 0.600.